The Morgan fingerprint density at radius 1 is 1.27 bits per heavy atom. The average Bonchev–Trinajstić information content (AvgIpc) is 3.16. The van der Waals surface area contributed by atoms with Crippen LogP contribution in [0.5, 0.6) is 0 Å². The summed E-state index contributed by atoms with van der Waals surface area (Å²) in [7, 11) is 0. The van der Waals surface area contributed by atoms with Gasteiger partial charge in [-0.15, -0.1) is 0 Å². The number of nitrogens with zero attached hydrogens (tertiary/aromatic N) is 3. The van der Waals surface area contributed by atoms with Gasteiger partial charge in [0.25, 0.3) is 5.91 Å². The number of rotatable bonds is 4. The maximum atomic E-state index is 13.7. The van der Waals surface area contributed by atoms with Crippen LogP contribution < -0.4 is 10.6 Å². The molecule has 2 atom stereocenters. The third kappa shape index (κ3) is 4.25. The quantitative estimate of drug-likeness (QED) is 0.632. The van der Waals surface area contributed by atoms with Gasteiger partial charge in [0, 0.05) is 36.4 Å². The first-order valence-corrected chi connectivity index (χ1v) is 9.54. The normalized spacial score (nSPS) is 18.4. The van der Waals surface area contributed by atoms with E-state index >= 15 is 0 Å². The molecule has 10 heteroatoms. The molecule has 0 fully saturated rings. The van der Waals surface area contributed by atoms with Gasteiger partial charge in [0.15, 0.2) is 11.7 Å². The summed E-state index contributed by atoms with van der Waals surface area (Å²) in [5.74, 6) is -0.429. The summed E-state index contributed by atoms with van der Waals surface area (Å²) in [5.41, 5.74) is 1.35. The molecule has 0 saturated carbocycles. The van der Waals surface area contributed by atoms with E-state index in [0.717, 1.165) is 10.2 Å². The van der Waals surface area contributed by atoms with E-state index in [-0.39, 0.29) is 24.5 Å². The van der Waals surface area contributed by atoms with Gasteiger partial charge >= 0.3 is 6.18 Å². The number of carbonyl (C=O) groups is 1. The van der Waals surface area contributed by atoms with Crippen LogP contribution in [0.3, 0.4) is 0 Å². The van der Waals surface area contributed by atoms with Crippen LogP contribution in [0.4, 0.5) is 19.0 Å². The van der Waals surface area contributed by atoms with E-state index in [1.165, 1.54) is 6.07 Å². The molecule has 0 bridgehead atoms. The molecule has 0 aliphatic carbocycles. The first kappa shape index (κ1) is 20.2. The van der Waals surface area contributed by atoms with E-state index in [0.29, 0.717) is 10.6 Å². The van der Waals surface area contributed by atoms with Crippen molar-refractivity contribution in [2.24, 2.45) is 0 Å². The molecule has 1 aliphatic rings. The molecule has 1 aliphatic heterocycles. The van der Waals surface area contributed by atoms with Gasteiger partial charge in [0.2, 0.25) is 0 Å². The van der Waals surface area contributed by atoms with Crippen molar-refractivity contribution in [3.05, 3.63) is 76.7 Å². The third-order valence-corrected chi connectivity index (χ3v) is 5.12. The Morgan fingerprint density at radius 2 is 2.03 bits per heavy atom. The van der Waals surface area contributed by atoms with Crippen molar-refractivity contribution in [2.75, 3.05) is 5.32 Å². The third-order valence-electron chi connectivity index (χ3n) is 4.87. The lowest BCUT2D eigenvalue weighted by Crippen LogP contribution is -2.35. The SMILES string of the molecule is O=C(NCc1cccnc1)c1cc2n(n1)[C@H](C(F)(F)F)C[C@@H](c1ccc(Cl)cc1)N2. The highest BCUT2D eigenvalue weighted by Crippen LogP contribution is 2.43. The number of benzene rings is 1. The van der Waals surface area contributed by atoms with Gasteiger partial charge in [-0.25, -0.2) is 4.68 Å². The highest BCUT2D eigenvalue weighted by atomic mass is 35.5. The second-order valence-electron chi connectivity index (χ2n) is 6.94. The predicted molar refractivity (Wildman–Crippen MR) is 105 cm³/mol. The summed E-state index contributed by atoms with van der Waals surface area (Å²) in [6, 6.07) is 9.02. The molecule has 3 aromatic rings. The van der Waals surface area contributed by atoms with E-state index in [1.54, 1.807) is 48.8 Å². The summed E-state index contributed by atoms with van der Waals surface area (Å²) in [6.07, 6.45) is -1.57. The van der Waals surface area contributed by atoms with Crippen LogP contribution in [0.1, 0.15) is 40.1 Å². The molecule has 0 spiro atoms. The van der Waals surface area contributed by atoms with Crippen molar-refractivity contribution in [3.8, 4) is 0 Å². The van der Waals surface area contributed by atoms with Crippen molar-refractivity contribution in [2.45, 2.75) is 31.2 Å². The zero-order valence-corrected chi connectivity index (χ0v) is 16.3. The van der Waals surface area contributed by atoms with E-state index in [1.807, 2.05) is 0 Å². The average molecular weight is 436 g/mol. The molecule has 1 aromatic carbocycles. The number of hydrogen-bond donors (Lipinski definition) is 2. The minimum Gasteiger partial charge on any atom is -0.363 e. The number of pyridine rings is 1. The molecule has 3 heterocycles. The standard InChI is InChI=1S/C20H17ClF3N5O/c21-14-5-3-13(4-6-14)15-8-17(20(22,23)24)29-18(27-15)9-16(28-29)19(30)26-11-12-2-1-7-25-10-12/h1-7,9-10,15,17,27H,8,11H2,(H,26,30)/t15-,17-/m0/s1. The molecule has 2 aromatic heterocycles. The Bertz CT molecular complexity index is 1040. The Labute approximate surface area is 175 Å². The number of hydrogen-bond acceptors (Lipinski definition) is 4. The topological polar surface area (TPSA) is 71.8 Å². The van der Waals surface area contributed by atoms with E-state index in [4.69, 9.17) is 11.6 Å². The van der Waals surface area contributed by atoms with Crippen molar-refractivity contribution >= 4 is 23.3 Å². The zero-order valence-electron chi connectivity index (χ0n) is 15.5. The number of halogens is 4. The largest absolute Gasteiger partial charge is 0.410 e. The van der Waals surface area contributed by atoms with Crippen LogP contribution in [0.25, 0.3) is 0 Å². The second-order valence-corrected chi connectivity index (χ2v) is 7.38. The van der Waals surface area contributed by atoms with Gasteiger partial charge in [-0.2, -0.15) is 18.3 Å². The molecule has 6 nitrogen and oxygen atoms in total. The van der Waals surface area contributed by atoms with Gasteiger partial charge in [0.05, 0.1) is 6.04 Å². The molecule has 156 valence electrons. The second kappa shape index (κ2) is 7.98. The van der Waals surface area contributed by atoms with E-state index in [9.17, 15) is 18.0 Å². The maximum Gasteiger partial charge on any atom is 0.410 e. The summed E-state index contributed by atoms with van der Waals surface area (Å²) in [5, 5.41) is 10.1. The van der Waals surface area contributed by atoms with Gasteiger partial charge in [-0.3, -0.25) is 9.78 Å². The van der Waals surface area contributed by atoms with Crippen LogP contribution in [0.2, 0.25) is 5.02 Å². The fourth-order valence-corrected chi connectivity index (χ4v) is 3.50. The van der Waals surface area contributed by atoms with E-state index < -0.39 is 24.2 Å². The number of nitrogens with one attached hydrogen (secondary N) is 2. The molecule has 1 amide bonds. The van der Waals surface area contributed by atoms with Crippen molar-refractivity contribution in [1.29, 1.82) is 0 Å². The van der Waals surface area contributed by atoms with Gasteiger partial charge in [0.1, 0.15) is 5.82 Å². The summed E-state index contributed by atoms with van der Waals surface area (Å²) in [6.45, 7) is 0.193. The monoisotopic (exact) mass is 435 g/mol. The van der Waals surface area contributed by atoms with Crippen molar-refractivity contribution in [3.63, 3.8) is 0 Å². The number of alkyl halides is 3. The first-order valence-electron chi connectivity index (χ1n) is 9.16. The molecular formula is C20H17ClF3N5O. The highest BCUT2D eigenvalue weighted by Gasteiger charge is 2.46. The molecule has 30 heavy (non-hydrogen) atoms. The molecule has 0 radical (unpaired) electrons. The van der Waals surface area contributed by atoms with Crippen LogP contribution in [-0.2, 0) is 6.54 Å². The number of fused-ring (bicyclic) bond motifs is 1. The smallest absolute Gasteiger partial charge is 0.363 e. The number of carbonyl (C=O) groups excluding carboxylic acids is 1. The van der Waals surface area contributed by atoms with Crippen LogP contribution in [-0.4, -0.2) is 26.8 Å². The number of amides is 1. The summed E-state index contributed by atoms with van der Waals surface area (Å²) < 4.78 is 42.0. The Kier molecular flexibility index (Phi) is 5.38. The zero-order chi connectivity index (χ0) is 21.3. The Hall–Kier alpha value is -3.07. The Balaban J connectivity index is 1.58. The van der Waals surface area contributed by atoms with Gasteiger partial charge < -0.3 is 10.6 Å². The summed E-state index contributed by atoms with van der Waals surface area (Å²) in [4.78, 5) is 16.4. The lowest BCUT2D eigenvalue weighted by molar-refractivity contribution is -0.173. The highest BCUT2D eigenvalue weighted by molar-refractivity contribution is 6.30. The van der Waals surface area contributed by atoms with Crippen LogP contribution in [0.15, 0.2) is 54.9 Å². The number of anilines is 1. The van der Waals surface area contributed by atoms with Gasteiger partial charge in [-0.05, 0) is 29.3 Å². The molecule has 4 rings (SSSR count). The fraction of sp³-hybridized carbons (Fsp3) is 0.250. The van der Waals surface area contributed by atoms with Crippen LogP contribution in [0, 0.1) is 0 Å². The van der Waals surface area contributed by atoms with E-state index in [2.05, 4.69) is 20.7 Å². The molecular weight excluding hydrogens is 419 g/mol. The molecule has 0 saturated heterocycles. The van der Waals surface area contributed by atoms with Gasteiger partial charge in [-0.1, -0.05) is 29.8 Å². The molecule has 0 unspecified atom stereocenters. The minimum absolute atomic E-state index is 0.0904. The predicted octanol–water partition coefficient (Wildman–Crippen LogP) is 4.52. The summed E-state index contributed by atoms with van der Waals surface area (Å²) >= 11 is 5.88. The lowest BCUT2D eigenvalue weighted by atomic mass is 9.97. The first-order chi connectivity index (χ1) is 14.3. The lowest BCUT2D eigenvalue weighted by Gasteiger charge is -2.33. The fourth-order valence-electron chi connectivity index (χ4n) is 3.37. The molecule has 2 N–H and O–H groups in total. The van der Waals surface area contributed by atoms with Crippen molar-refractivity contribution < 1.29 is 18.0 Å². The maximum absolute atomic E-state index is 13.7. The number of aromatic nitrogens is 3. The van der Waals surface area contributed by atoms with Crippen molar-refractivity contribution in [1.82, 2.24) is 20.1 Å². The van der Waals surface area contributed by atoms with Crippen LogP contribution >= 0.6 is 11.6 Å². The Morgan fingerprint density at radius 3 is 2.70 bits per heavy atom. The minimum atomic E-state index is -4.52.